The molecule has 0 bridgehead atoms. The van der Waals surface area contributed by atoms with Gasteiger partial charge in [-0.3, -0.25) is 14.7 Å². The molecule has 31 heavy (non-hydrogen) atoms. The van der Waals surface area contributed by atoms with Crippen molar-refractivity contribution in [1.82, 2.24) is 20.4 Å². The van der Waals surface area contributed by atoms with Crippen molar-refractivity contribution < 1.29 is 9.59 Å². The Bertz CT molecular complexity index is 897. The smallest absolute Gasteiger partial charge is 0.223 e. The first-order valence-electron chi connectivity index (χ1n) is 11.1. The van der Waals surface area contributed by atoms with Gasteiger partial charge in [-0.05, 0) is 49.3 Å². The molecule has 166 valence electrons. The number of anilines is 1. The summed E-state index contributed by atoms with van der Waals surface area (Å²) in [6.45, 7) is 5.57. The molecule has 0 radical (unpaired) electrons. The van der Waals surface area contributed by atoms with Gasteiger partial charge in [-0.15, -0.1) is 0 Å². The van der Waals surface area contributed by atoms with Crippen LogP contribution in [0.1, 0.15) is 32.6 Å². The van der Waals surface area contributed by atoms with Gasteiger partial charge < -0.3 is 15.1 Å². The minimum Gasteiger partial charge on any atom is -0.356 e. The summed E-state index contributed by atoms with van der Waals surface area (Å²) >= 11 is 5.97. The fourth-order valence-corrected chi connectivity index (χ4v) is 4.59. The van der Waals surface area contributed by atoms with Crippen LogP contribution in [0.5, 0.6) is 0 Å². The molecule has 1 aromatic heterocycles. The van der Waals surface area contributed by atoms with Crippen molar-refractivity contribution in [2.45, 2.75) is 32.6 Å². The highest BCUT2D eigenvalue weighted by atomic mass is 35.5. The quantitative estimate of drug-likeness (QED) is 0.742. The van der Waals surface area contributed by atoms with Gasteiger partial charge in [-0.25, -0.2) is 0 Å². The number of H-pyrrole nitrogens is 1. The summed E-state index contributed by atoms with van der Waals surface area (Å²) in [7, 11) is 0. The lowest BCUT2D eigenvalue weighted by Gasteiger charge is -2.33. The van der Waals surface area contributed by atoms with Gasteiger partial charge in [0, 0.05) is 56.7 Å². The molecule has 8 heteroatoms. The predicted molar refractivity (Wildman–Crippen MR) is 122 cm³/mol. The highest BCUT2D eigenvalue weighted by molar-refractivity contribution is 6.30. The number of rotatable bonds is 5. The van der Waals surface area contributed by atoms with E-state index in [4.69, 9.17) is 11.6 Å². The van der Waals surface area contributed by atoms with Crippen molar-refractivity contribution in [2.75, 3.05) is 37.6 Å². The first-order valence-corrected chi connectivity index (χ1v) is 11.5. The van der Waals surface area contributed by atoms with Crippen molar-refractivity contribution in [3.05, 3.63) is 35.4 Å². The van der Waals surface area contributed by atoms with E-state index in [0.29, 0.717) is 19.0 Å². The highest BCUT2D eigenvalue weighted by Gasteiger charge is 2.27. The molecule has 2 amide bonds. The summed E-state index contributed by atoms with van der Waals surface area (Å²) in [5.41, 5.74) is 2.05. The second-order valence-electron chi connectivity index (χ2n) is 8.60. The average Bonchev–Trinajstić information content (AvgIpc) is 3.28. The van der Waals surface area contributed by atoms with E-state index in [9.17, 15) is 9.59 Å². The minimum atomic E-state index is 0.0334. The molecule has 2 aliphatic rings. The Hall–Kier alpha value is -2.54. The second-order valence-corrected chi connectivity index (χ2v) is 9.04. The SMILES string of the molecule is CC(=O)N1CCC(C(=O)NCC2CCN(c3cc(-c4ccc(Cl)cc4)[nH]n3)CC2)CC1. The molecule has 0 aliphatic carbocycles. The lowest BCUT2D eigenvalue weighted by Crippen LogP contribution is -2.44. The normalized spacial score (nSPS) is 18.3. The van der Waals surface area contributed by atoms with Gasteiger partial charge in [0.2, 0.25) is 11.8 Å². The Morgan fingerprint density at radius 2 is 1.77 bits per heavy atom. The van der Waals surface area contributed by atoms with Crippen LogP contribution >= 0.6 is 11.6 Å². The zero-order chi connectivity index (χ0) is 21.8. The van der Waals surface area contributed by atoms with E-state index in [0.717, 1.165) is 67.4 Å². The van der Waals surface area contributed by atoms with Crippen molar-refractivity contribution in [3.8, 4) is 11.3 Å². The summed E-state index contributed by atoms with van der Waals surface area (Å²) in [6.07, 6.45) is 3.59. The molecule has 2 saturated heterocycles. The molecule has 3 heterocycles. The zero-order valence-electron chi connectivity index (χ0n) is 17.9. The van der Waals surface area contributed by atoms with Crippen LogP contribution in [0.15, 0.2) is 30.3 Å². The topological polar surface area (TPSA) is 81.3 Å². The number of likely N-dealkylation sites (tertiary alicyclic amines) is 1. The Morgan fingerprint density at radius 1 is 1.10 bits per heavy atom. The Morgan fingerprint density at radius 3 is 2.42 bits per heavy atom. The van der Waals surface area contributed by atoms with Gasteiger partial charge >= 0.3 is 0 Å². The molecule has 0 saturated carbocycles. The molecule has 4 rings (SSSR count). The first kappa shape index (κ1) is 21.7. The number of amides is 2. The predicted octanol–water partition coefficient (Wildman–Crippen LogP) is 3.32. The van der Waals surface area contributed by atoms with Crippen molar-refractivity contribution >= 4 is 29.2 Å². The molecular formula is C23H30ClN5O2. The molecule has 2 aromatic rings. The largest absolute Gasteiger partial charge is 0.356 e. The van der Waals surface area contributed by atoms with E-state index in [-0.39, 0.29) is 17.7 Å². The van der Waals surface area contributed by atoms with Gasteiger partial charge in [0.05, 0.1) is 5.69 Å². The summed E-state index contributed by atoms with van der Waals surface area (Å²) in [4.78, 5) is 28.1. The third kappa shape index (κ3) is 5.39. The number of nitrogens with zero attached hydrogens (tertiary/aromatic N) is 3. The van der Waals surface area contributed by atoms with Gasteiger partial charge in [-0.2, -0.15) is 5.10 Å². The number of aromatic amines is 1. The number of benzene rings is 1. The molecular weight excluding hydrogens is 414 g/mol. The summed E-state index contributed by atoms with van der Waals surface area (Å²) in [5.74, 6) is 1.73. The van der Waals surface area contributed by atoms with Gasteiger partial charge in [0.25, 0.3) is 0 Å². The Labute approximate surface area is 188 Å². The summed E-state index contributed by atoms with van der Waals surface area (Å²) in [6, 6.07) is 9.81. The van der Waals surface area contributed by atoms with E-state index < -0.39 is 0 Å². The van der Waals surface area contributed by atoms with E-state index >= 15 is 0 Å². The van der Waals surface area contributed by atoms with Crippen molar-refractivity contribution in [1.29, 1.82) is 0 Å². The number of halogens is 1. The van der Waals surface area contributed by atoms with Crippen LogP contribution in [0, 0.1) is 11.8 Å². The van der Waals surface area contributed by atoms with E-state index in [2.05, 4.69) is 26.5 Å². The van der Waals surface area contributed by atoms with Crippen LogP contribution in [0.2, 0.25) is 5.02 Å². The molecule has 1 aromatic carbocycles. The van der Waals surface area contributed by atoms with E-state index in [1.807, 2.05) is 29.2 Å². The molecule has 0 spiro atoms. The standard InChI is InChI=1S/C23H30ClN5O2/c1-16(30)28-12-8-19(9-13-28)23(31)25-15-17-6-10-29(11-7-17)22-14-21(26-27-22)18-2-4-20(24)5-3-18/h2-5,14,17,19H,6-13,15H2,1H3,(H,25,31)(H,26,27). The summed E-state index contributed by atoms with van der Waals surface area (Å²) < 4.78 is 0. The average molecular weight is 444 g/mol. The molecule has 2 aliphatic heterocycles. The number of piperidine rings is 2. The van der Waals surface area contributed by atoms with Crippen LogP contribution in [0.25, 0.3) is 11.3 Å². The van der Waals surface area contributed by atoms with Crippen molar-refractivity contribution in [2.24, 2.45) is 11.8 Å². The number of carbonyl (C=O) groups is 2. The molecule has 2 N–H and O–H groups in total. The Balaban J connectivity index is 1.21. The van der Waals surface area contributed by atoms with Crippen LogP contribution in [0.4, 0.5) is 5.82 Å². The van der Waals surface area contributed by atoms with Crippen LogP contribution in [0.3, 0.4) is 0 Å². The minimum absolute atomic E-state index is 0.0334. The monoisotopic (exact) mass is 443 g/mol. The number of aromatic nitrogens is 2. The molecule has 2 fully saturated rings. The van der Waals surface area contributed by atoms with Gasteiger partial charge in [0.15, 0.2) is 5.82 Å². The fraction of sp³-hybridized carbons (Fsp3) is 0.522. The van der Waals surface area contributed by atoms with Crippen LogP contribution in [-0.2, 0) is 9.59 Å². The van der Waals surface area contributed by atoms with E-state index in [1.165, 1.54) is 0 Å². The Kier molecular flexibility index (Phi) is 6.80. The highest BCUT2D eigenvalue weighted by Crippen LogP contribution is 2.26. The molecule has 0 unspecified atom stereocenters. The molecule has 7 nitrogen and oxygen atoms in total. The maximum Gasteiger partial charge on any atom is 0.223 e. The van der Waals surface area contributed by atoms with E-state index in [1.54, 1.807) is 6.92 Å². The number of nitrogens with one attached hydrogen (secondary N) is 2. The zero-order valence-corrected chi connectivity index (χ0v) is 18.7. The van der Waals surface area contributed by atoms with Crippen molar-refractivity contribution in [3.63, 3.8) is 0 Å². The van der Waals surface area contributed by atoms with Crippen LogP contribution < -0.4 is 10.2 Å². The van der Waals surface area contributed by atoms with Gasteiger partial charge in [0.1, 0.15) is 0 Å². The fourth-order valence-electron chi connectivity index (χ4n) is 4.46. The third-order valence-electron chi connectivity index (χ3n) is 6.53. The second kappa shape index (κ2) is 9.73. The maximum atomic E-state index is 12.5. The molecule has 0 atom stereocenters. The first-order chi connectivity index (χ1) is 15.0. The maximum absolute atomic E-state index is 12.5. The number of hydrogen-bond donors (Lipinski definition) is 2. The lowest BCUT2D eigenvalue weighted by molar-refractivity contribution is -0.134. The third-order valence-corrected chi connectivity index (χ3v) is 6.79. The summed E-state index contributed by atoms with van der Waals surface area (Å²) in [5, 5.41) is 11.5. The van der Waals surface area contributed by atoms with Crippen LogP contribution in [-0.4, -0.2) is 59.6 Å². The number of carbonyl (C=O) groups excluding carboxylic acids is 2. The lowest BCUT2D eigenvalue weighted by atomic mass is 9.94. The van der Waals surface area contributed by atoms with Gasteiger partial charge in [-0.1, -0.05) is 23.7 Å². The number of hydrogen-bond acceptors (Lipinski definition) is 4.